The van der Waals surface area contributed by atoms with Gasteiger partial charge in [0.05, 0.1) is 5.69 Å². The highest BCUT2D eigenvalue weighted by molar-refractivity contribution is 7.99. The largest absolute Gasteiger partial charge is 0.484 e. The van der Waals surface area contributed by atoms with Gasteiger partial charge in [-0.1, -0.05) is 11.6 Å². The van der Waals surface area contributed by atoms with Crippen LogP contribution in [-0.4, -0.2) is 22.1 Å². The molecule has 0 radical (unpaired) electrons. The molecular formula is C18H15ClFN3O2S. The van der Waals surface area contributed by atoms with Crippen molar-refractivity contribution in [2.45, 2.75) is 10.1 Å². The van der Waals surface area contributed by atoms with E-state index in [9.17, 15) is 9.18 Å². The smallest absolute Gasteiger partial charge is 0.262 e. The van der Waals surface area contributed by atoms with Crippen LogP contribution >= 0.6 is 23.4 Å². The standard InChI is InChI=1S/C18H15ClFN3O2S/c1-23-9-8-21-18(23)26-16-7-2-12(19)10-15(16)22-17(24)11-25-14-5-3-13(20)4-6-14/h2-10H,11H2,1H3,(H,22,24). The lowest BCUT2D eigenvalue weighted by Crippen LogP contribution is -2.20. The number of hydrogen-bond donors (Lipinski definition) is 1. The maximum Gasteiger partial charge on any atom is 0.262 e. The minimum Gasteiger partial charge on any atom is -0.484 e. The Hall–Kier alpha value is -2.51. The van der Waals surface area contributed by atoms with Gasteiger partial charge < -0.3 is 14.6 Å². The number of aromatic nitrogens is 2. The first-order valence-corrected chi connectivity index (χ1v) is 8.83. The molecule has 134 valence electrons. The van der Waals surface area contributed by atoms with Crippen LogP contribution in [0.5, 0.6) is 5.75 Å². The number of carbonyl (C=O) groups excluding carboxylic acids is 1. The van der Waals surface area contributed by atoms with E-state index in [2.05, 4.69) is 10.3 Å². The number of benzene rings is 2. The molecule has 3 aromatic rings. The van der Waals surface area contributed by atoms with Gasteiger partial charge in [-0.2, -0.15) is 0 Å². The van der Waals surface area contributed by atoms with Crippen LogP contribution in [0.3, 0.4) is 0 Å². The predicted octanol–water partition coefficient (Wildman–Crippen LogP) is 4.38. The van der Waals surface area contributed by atoms with Gasteiger partial charge in [0.1, 0.15) is 11.6 Å². The molecule has 1 amide bonds. The van der Waals surface area contributed by atoms with E-state index in [1.54, 1.807) is 18.3 Å². The summed E-state index contributed by atoms with van der Waals surface area (Å²) in [4.78, 5) is 17.3. The average molecular weight is 392 g/mol. The molecule has 1 heterocycles. The Morgan fingerprint density at radius 2 is 2.08 bits per heavy atom. The molecule has 2 aromatic carbocycles. The van der Waals surface area contributed by atoms with Crippen molar-refractivity contribution in [1.82, 2.24) is 9.55 Å². The number of nitrogens with one attached hydrogen (secondary N) is 1. The number of aryl methyl sites for hydroxylation is 1. The molecule has 0 bridgehead atoms. The van der Waals surface area contributed by atoms with E-state index in [0.29, 0.717) is 16.5 Å². The molecule has 8 heteroatoms. The van der Waals surface area contributed by atoms with Crippen molar-refractivity contribution in [3.05, 3.63) is 65.7 Å². The maximum absolute atomic E-state index is 12.9. The molecule has 0 aliphatic rings. The van der Waals surface area contributed by atoms with Crippen LogP contribution in [0, 0.1) is 5.82 Å². The molecule has 1 N–H and O–H groups in total. The Balaban J connectivity index is 1.68. The molecule has 0 saturated carbocycles. The van der Waals surface area contributed by atoms with Gasteiger partial charge >= 0.3 is 0 Å². The summed E-state index contributed by atoms with van der Waals surface area (Å²) >= 11 is 7.46. The lowest BCUT2D eigenvalue weighted by atomic mass is 10.3. The van der Waals surface area contributed by atoms with E-state index < -0.39 is 0 Å². The Morgan fingerprint density at radius 1 is 1.31 bits per heavy atom. The zero-order valence-electron chi connectivity index (χ0n) is 13.8. The maximum atomic E-state index is 12.9. The molecule has 0 aliphatic heterocycles. The van der Waals surface area contributed by atoms with Gasteiger partial charge in [0.2, 0.25) is 0 Å². The van der Waals surface area contributed by atoms with Gasteiger partial charge in [0.25, 0.3) is 5.91 Å². The lowest BCUT2D eigenvalue weighted by molar-refractivity contribution is -0.118. The Kier molecular flexibility index (Phi) is 5.80. The minimum atomic E-state index is -0.364. The third-order valence-electron chi connectivity index (χ3n) is 3.38. The number of carbonyl (C=O) groups is 1. The van der Waals surface area contributed by atoms with Crippen LogP contribution in [0.4, 0.5) is 10.1 Å². The number of imidazole rings is 1. The fourth-order valence-corrected chi connectivity index (χ4v) is 3.15. The van der Waals surface area contributed by atoms with Crippen LogP contribution in [-0.2, 0) is 11.8 Å². The number of nitrogens with zero attached hydrogens (tertiary/aromatic N) is 2. The number of halogens is 2. The van der Waals surface area contributed by atoms with Gasteiger partial charge in [-0.3, -0.25) is 4.79 Å². The second-order valence-corrected chi connectivity index (χ2v) is 6.80. The molecule has 0 aliphatic carbocycles. The number of hydrogen-bond acceptors (Lipinski definition) is 4. The third kappa shape index (κ3) is 4.77. The topological polar surface area (TPSA) is 56.2 Å². The summed E-state index contributed by atoms with van der Waals surface area (Å²) in [7, 11) is 1.89. The van der Waals surface area contributed by atoms with E-state index in [1.807, 2.05) is 23.9 Å². The Morgan fingerprint density at radius 3 is 2.77 bits per heavy atom. The van der Waals surface area contributed by atoms with E-state index in [0.717, 1.165) is 10.1 Å². The summed E-state index contributed by atoms with van der Waals surface area (Å²) in [5.74, 6) is -0.301. The average Bonchev–Trinajstić information content (AvgIpc) is 3.02. The summed E-state index contributed by atoms with van der Waals surface area (Å²) in [5.41, 5.74) is 0.568. The normalized spacial score (nSPS) is 10.6. The van der Waals surface area contributed by atoms with E-state index in [4.69, 9.17) is 16.3 Å². The molecule has 0 spiro atoms. The second-order valence-electron chi connectivity index (χ2n) is 5.35. The highest BCUT2D eigenvalue weighted by Crippen LogP contribution is 2.34. The molecule has 0 unspecified atom stereocenters. The van der Waals surface area contributed by atoms with Crippen molar-refractivity contribution in [2.24, 2.45) is 7.05 Å². The highest BCUT2D eigenvalue weighted by atomic mass is 35.5. The van der Waals surface area contributed by atoms with Crippen molar-refractivity contribution in [1.29, 1.82) is 0 Å². The molecule has 0 saturated heterocycles. The Bertz CT molecular complexity index is 915. The van der Waals surface area contributed by atoms with E-state index in [-0.39, 0.29) is 18.3 Å². The minimum absolute atomic E-state index is 0.204. The first-order chi connectivity index (χ1) is 12.5. The fourth-order valence-electron chi connectivity index (χ4n) is 2.10. The fraction of sp³-hybridized carbons (Fsp3) is 0.111. The monoisotopic (exact) mass is 391 g/mol. The van der Waals surface area contributed by atoms with Crippen LogP contribution in [0.2, 0.25) is 5.02 Å². The van der Waals surface area contributed by atoms with Crippen molar-refractivity contribution in [2.75, 3.05) is 11.9 Å². The zero-order chi connectivity index (χ0) is 18.5. The van der Waals surface area contributed by atoms with Crippen molar-refractivity contribution < 1.29 is 13.9 Å². The summed E-state index contributed by atoms with van der Waals surface area (Å²) in [6.45, 7) is -0.204. The summed E-state index contributed by atoms with van der Waals surface area (Å²) in [6, 6.07) is 10.7. The Labute approximate surface area is 159 Å². The van der Waals surface area contributed by atoms with Crippen LogP contribution < -0.4 is 10.1 Å². The highest BCUT2D eigenvalue weighted by Gasteiger charge is 2.12. The third-order valence-corrected chi connectivity index (χ3v) is 4.76. The van der Waals surface area contributed by atoms with Gasteiger partial charge in [-0.05, 0) is 54.2 Å². The molecular weight excluding hydrogens is 377 g/mol. The van der Waals surface area contributed by atoms with Gasteiger partial charge in [-0.25, -0.2) is 9.37 Å². The number of anilines is 1. The van der Waals surface area contributed by atoms with E-state index >= 15 is 0 Å². The van der Waals surface area contributed by atoms with Crippen LogP contribution in [0.1, 0.15) is 0 Å². The van der Waals surface area contributed by atoms with Crippen molar-refractivity contribution in [3.8, 4) is 5.75 Å². The quantitative estimate of drug-likeness (QED) is 0.677. The summed E-state index contributed by atoms with van der Waals surface area (Å²) < 4.78 is 20.1. The molecule has 26 heavy (non-hydrogen) atoms. The van der Waals surface area contributed by atoms with Crippen LogP contribution in [0.25, 0.3) is 0 Å². The molecule has 1 aromatic heterocycles. The van der Waals surface area contributed by atoms with Crippen molar-refractivity contribution in [3.63, 3.8) is 0 Å². The van der Waals surface area contributed by atoms with E-state index in [1.165, 1.54) is 36.0 Å². The summed E-state index contributed by atoms with van der Waals surface area (Å²) in [6.07, 6.45) is 3.54. The number of amides is 1. The predicted molar refractivity (Wildman–Crippen MR) is 99.3 cm³/mol. The van der Waals surface area contributed by atoms with Gasteiger partial charge in [-0.15, -0.1) is 0 Å². The zero-order valence-corrected chi connectivity index (χ0v) is 15.4. The molecule has 0 atom stereocenters. The van der Waals surface area contributed by atoms with Gasteiger partial charge in [0, 0.05) is 29.4 Å². The van der Waals surface area contributed by atoms with Crippen LogP contribution in [0.15, 0.2) is 64.9 Å². The lowest BCUT2D eigenvalue weighted by Gasteiger charge is -2.12. The second kappa shape index (κ2) is 8.25. The summed E-state index contributed by atoms with van der Waals surface area (Å²) in [5, 5.41) is 4.07. The number of rotatable bonds is 6. The molecule has 5 nitrogen and oxygen atoms in total. The SMILES string of the molecule is Cn1ccnc1Sc1ccc(Cl)cc1NC(=O)COc1ccc(F)cc1. The molecule has 3 rings (SSSR count). The first-order valence-electron chi connectivity index (χ1n) is 7.64. The number of ether oxygens (including phenoxy) is 1. The van der Waals surface area contributed by atoms with Gasteiger partial charge in [0.15, 0.2) is 11.8 Å². The van der Waals surface area contributed by atoms with Crippen molar-refractivity contribution >= 4 is 35.0 Å². The first kappa shape index (κ1) is 18.3. The molecule has 0 fully saturated rings.